The van der Waals surface area contributed by atoms with E-state index < -0.39 is 10.0 Å². The summed E-state index contributed by atoms with van der Waals surface area (Å²) >= 11 is 1.13. The first kappa shape index (κ1) is 15.0. The Kier molecular flexibility index (Phi) is 5.00. The summed E-state index contributed by atoms with van der Waals surface area (Å²) in [6.07, 6.45) is 4.76. The Balaban J connectivity index is 1.97. The van der Waals surface area contributed by atoms with Gasteiger partial charge in [-0.3, -0.25) is 0 Å². The van der Waals surface area contributed by atoms with E-state index in [0.29, 0.717) is 27.5 Å². The standard InChI is InChI=1S/C13H21NO3S2/c1-10-4-2-3-5-11(10)8-14-19(16,17)13-7-6-12(9-15)18-13/h6-7,10-11,14-15H,2-5,8-9H2,1H3. The molecule has 1 aliphatic carbocycles. The summed E-state index contributed by atoms with van der Waals surface area (Å²) in [6, 6.07) is 3.21. The van der Waals surface area contributed by atoms with Gasteiger partial charge in [0.15, 0.2) is 0 Å². The first-order valence-electron chi connectivity index (χ1n) is 6.72. The molecule has 1 aliphatic rings. The molecule has 1 saturated carbocycles. The predicted molar refractivity (Wildman–Crippen MR) is 76.6 cm³/mol. The fourth-order valence-corrected chi connectivity index (χ4v) is 4.93. The van der Waals surface area contributed by atoms with Crippen LogP contribution in [-0.4, -0.2) is 20.1 Å². The van der Waals surface area contributed by atoms with Crippen LogP contribution in [0.2, 0.25) is 0 Å². The smallest absolute Gasteiger partial charge is 0.250 e. The van der Waals surface area contributed by atoms with Crippen molar-refractivity contribution < 1.29 is 13.5 Å². The molecule has 0 amide bonds. The van der Waals surface area contributed by atoms with Crippen molar-refractivity contribution in [3.05, 3.63) is 17.0 Å². The summed E-state index contributed by atoms with van der Waals surface area (Å²) < 4.78 is 27.3. The van der Waals surface area contributed by atoms with E-state index in [0.717, 1.165) is 17.8 Å². The first-order chi connectivity index (χ1) is 9.03. The van der Waals surface area contributed by atoms with Gasteiger partial charge in [0, 0.05) is 11.4 Å². The van der Waals surface area contributed by atoms with E-state index in [1.165, 1.54) is 19.3 Å². The van der Waals surface area contributed by atoms with Gasteiger partial charge in [0.2, 0.25) is 10.0 Å². The Morgan fingerprint density at radius 3 is 2.74 bits per heavy atom. The lowest BCUT2D eigenvalue weighted by Gasteiger charge is -2.28. The second-order valence-corrected chi connectivity index (χ2v) is 8.41. The van der Waals surface area contributed by atoms with Crippen LogP contribution in [0.15, 0.2) is 16.3 Å². The monoisotopic (exact) mass is 303 g/mol. The van der Waals surface area contributed by atoms with Crippen LogP contribution in [0.5, 0.6) is 0 Å². The van der Waals surface area contributed by atoms with Crippen LogP contribution < -0.4 is 4.72 Å². The number of hydrogen-bond donors (Lipinski definition) is 2. The van der Waals surface area contributed by atoms with Crippen molar-refractivity contribution in [3.8, 4) is 0 Å². The lowest BCUT2D eigenvalue weighted by Crippen LogP contribution is -2.33. The molecule has 2 unspecified atom stereocenters. The number of aliphatic hydroxyl groups is 1. The molecule has 0 aliphatic heterocycles. The predicted octanol–water partition coefficient (Wildman–Crippen LogP) is 2.35. The van der Waals surface area contributed by atoms with E-state index in [1.54, 1.807) is 12.1 Å². The molecule has 6 heteroatoms. The molecule has 1 fully saturated rings. The average molecular weight is 303 g/mol. The molecule has 2 N–H and O–H groups in total. The summed E-state index contributed by atoms with van der Waals surface area (Å²) in [5.41, 5.74) is 0. The third-order valence-corrected chi connectivity index (χ3v) is 6.87. The molecule has 19 heavy (non-hydrogen) atoms. The maximum atomic E-state index is 12.1. The molecule has 108 valence electrons. The van der Waals surface area contributed by atoms with Crippen molar-refractivity contribution in [1.29, 1.82) is 0 Å². The third kappa shape index (κ3) is 3.78. The maximum absolute atomic E-state index is 12.1. The van der Waals surface area contributed by atoms with Crippen LogP contribution in [0, 0.1) is 11.8 Å². The number of nitrogens with one attached hydrogen (secondary N) is 1. The largest absolute Gasteiger partial charge is 0.391 e. The molecule has 0 saturated heterocycles. The van der Waals surface area contributed by atoms with Gasteiger partial charge < -0.3 is 5.11 Å². The van der Waals surface area contributed by atoms with Crippen molar-refractivity contribution in [1.82, 2.24) is 4.72 Å². The van der Waals surface area contributed by atoms with E-state index >= 15 is 0 Å². The molecule has 0 spiro atoms. The zero-order valence-corrected chi connectivity index (χ0v) is 12.8. The highest BCUT2D eigenvalue weighted by Gasteiger charge is 2.24. The van der Waals surface area contributed by atoms with Crippen LogP contribution in [-0.2, 0) is 16.6 Å². The van der Waals surface area contributed by atoms with Gasteiger partial charge in [0.25, 0.3) is 0 Å². The van der Waals surface area contributed by atoms with Gasteiger partial charge in [0.05, 0.1) is 6.61 Å². The minimum Gasteiger partial charge on any atom is -0.391 e. The highest BCUT2D eigenvalue weighted by molar-refractivity contribution is 7.91. The molecular weight excluding hydrogens is 282 g/mol. The molecule has 1 heterocycles. The zero-order valence-electron chi connectivity index (χ0n) is 11.1. The first-order valence-corrected chi connectivity index (χ1v) is 9.02. The Labute approximate surface area is 118 Å². The van der Waals surface area contributed by atoms with Crippen LogP contribution in [0.3, 0.4) is 0 Å². The quantitative estimate of drug-likeness (QED) is 0.877. The van der Waals surface area contributed by atoms with Gasteiger partial charge in [-0.15, -0.1) is 11.3 Å². The number of sulfonamides is 1. The Hall–Kier alpha value is -0.430. The zero-order chi connectivity index (χ0) is 13.9. The summed E-state index contributed by atoms with van der Waals surface area (Å²) in [7, 11) is -3.41. The SMILES string of the molecule is CC1CCCCC1CNS(=O)(=O)c1ccc(CO)s1. The van der Waals surface area contributed by atoms with Crippen molar-refractivity contribution in [2.24, 2.45) is 11.8 Å². The minimum atomic E-state index is -3.41. The topological polar surface area (TPSA) is 66.4 Å². The third-order valence-electron chi connectivity index (χ3n) is 3.88. The molecule has 4 nitrogen and oxygen atoms in total. The fraction of sp³-hybridized carbons (Fsp3) is 0.692. The molecule has 1 aromatic heterocycles. The van der Waals surface area contributed by atoms with Crippen LogP contribution in [0.4, 0.5) is 0 Å². The van der Waals surface area contributed by atoms with Crippen molar-refractivity contribution in [2.45, 2.75) is 43.4 Å². The highest BCUT2D eigenvalue weighted by Crippen LogP contribution is 2.29. The van der Waals surface area contributed by atoms with Crippen molar-refractivity contribution >= 4 is 21.4 Å². The molecule has 0 bridgehead atoms. The van der Waals surface area contributed by atoms with Gasteiger partial charge in [-0.2, -0.15) is 0 Å². The van der Waals surface area contributed by atoms with E-state index in [1.807, 2.05) is 0 Å². The molecule has 0 aromatic carbocycles. The Morgan fingerprint density at radius 2 is 2.11 bits per heavy atom. The van der Waals surface area contributed by atoms with Gasteiger partial charge >= 0.3 is 0 Å². The van der Waals surface area contributed by atoms with E-state index in [-0.39, 0.29) is 6.61 Å². The molecular formula is C13H21NO3S2. The van der Waals surface area contributed by atoms with Gasteiger partial charge in [-0.1, -0.05) is 26.2 Å². The van der Waals surface area contributed by atoms with E-state index in [4.69, 9.17) is 5.11 Å². The Bertz CT molecular complexity index is 510. The summed E-state index contributed by atoms with van der Waals surface area (Å²) in [5, 5.41) is 8.98. The second-order valence-electron chi connectivity index (χ2n) is 5.25. The fourth-order valence-electron chi connectivity index (χ4n) is 2.57. The van der Waals surface area contributed by atoms with Gasteiger partial charge in [0.1, 0.15) is 4.21 Å². The molecule has 1 aromatic rings. The van der Waals surface area contributed by atoms with Crippen LogP contribution in [0.1, 0.15) is 37.5 Å². The second kappa shape index (κ2) is 6.35. The van der Waals surface area contributed by atoms with Crippen molar-refractivity contribution in [2.75, 3.05) is 6.54 Å². The van der Waals surface area contributed by atoms with Crippen LogP contribution in [0.25, 0.3) is 0 Å². The summed E-state index contributed by atoms with van der Waals surface area (Å²) in [6.45, 7) is 2.61. The summed E-state index contributed by atoms with van der Waals surface area (Å²) in [4.78, 5) is 0.673. The number of thiophene rings is 1. The number of rotatable bonds is 5. The van der Waals surface area contributed by atoms with E-state index in [2.05, 4.69) is 11.6 Å². The maximum Gasteiger partial charge on any atom is 0.250 e. The lowest BCUT2D eigenvalue weighted by molar-refractivity contribution is 0.257. The lowest BCUT2D eigenvalue weighted by atomic mass is 9.81. The molecule has 0 radical (unpaired) electrons. The normalized spacial score (nSPS) is 24.5. The Morgan fingerprint density at radius 1 is 1.37 bits per heavy atom. The van der Waals surface area contributed by atoms with Crippen molar-refractivity contribution in [3.63, 3.8) is 0 Å². The highest BCUT2D eigenvalue weighted by atomic mass is 32.2. The molecule has 2 rings (SSSR count). The minimum absolute atomic E-state index is 0.111. The molecule has 2 atom stereocenters. The van der Waals surface area contributed by atoms with E-state index in [9.17, 15) is 8.42 Å². The van der Waals surface area contributed by atoms with Gasteiger partial charge in [-0.05, 0) is 30.4 Å². The van der Waals surface area contributed by atoms with Crippen LogP contribution >= 0.6 is 11.3 Å². The van der Waals surface area contributed by atoms with Gasteiger partial charge in [-0.25, -0.2) is 13.1 Å². The number of hydrogen-bond acceptors (Lipinski definition) is 4. The average Bonchev–Trinajstić information content (AvgIpc) is 2.87. The summed E-state index contributed by atoms with van der Waals surface area (Å²) in [5.74, 6) is 1.04. The number of aliphatic hydroxyl groups excluding tert-OH is 1.